The van der Waals surface area contributed by atoms with Crippen LogP contribution in [0.5, 0.6) is 0 Å². The number of aliphatic hydroxyl groups excluding tert-OH is 1. The molecular weight excluding hydrogens is 554 g/mol. The van der Waals surface area contributed by atoms with E-state index in [1.165, 1.54) is 6.92 Å². The zero-order valence-electron chi connectivity index (χ0n) is 24.6. The van der Waals surface area contributed by atoms with Crippen molar-refractivity contribution >= 4 is 23.6 Å². The molecular formula is C30H39N7O6. The molecule has 0 aliphatic carbocycles. The van der Waals surface area contributed by atoms with Gasteiger partial charge in [0.2, 0.25) is 23.6 Å². The second kappa shape index (κ2) is 14.6. The molecule has 0 spiro atoms. The van der Waals surface area contributed by atoms with Crippen LogP contribution in [0.25, 0.3) is 0 Å². The molecule has 4 atom stereocenters. The summed E-state index contributed by atoms with van der Waals surface area (Å²) >= 11 is 0. The second-order valence-corrected chi connectivity index (χ2v) is 10.8. The van der Waals surface area contributed by atoms with Gasteiger partial charge >= 0.3 is 0 Å². The van der Waals surface area contributed by atoms with E-state index in [4.69, 9.17) is 4.42 Å². The Morgan fingerprint density at radius 2 is 1.91 bits per heavy atom. The lowest BCUT2D eigenvalue weighted by Crippen LogP contribution is -2.52. The van der Waals surface area contributed by atoms with E-state index < -0.39 is 42.0 Å². The number of hydrogen-bond acceptors (Lipinski definition) is 8. The van der Waals surface area contributed by atoms with Crippen molar-refractivity contribution in [2.75, 3.05) is 6.54 Å². The molecule has 230 valence electrons. The smallest absolute Gasteiger partial charge is 0.273 e. The molecule has 1 aliphatic heterocycles. The molecule has 0 fully saturated rings. The molecule has 43 heavy (non-hydrogen) atoms. The molecule has 4 rings (SSSR count). The van der Waals surface area contributed by atoms with E-state index >= 15 is 0 Å². The molecule has 5 N–H and O–H groups in total. The lowest BCUT2D eigenvalue weighted by molar-refractivity contribution is -0.129. The number of aliphatic hydroxyl groups is 1. The molecule has 4 amide bonds. The van der Waals surface area contributed by atoms with Crippen molar-refractivity contribution in [2.24, 2.45) is 0 Å². The first-order chi connectivity index (χ1) is 20.6. The standard InChI is InChI=1S/C30H39N7O6/c1-18-15-19(2)37(36-18)14-12-25(39)32-22-11-7-8-13-31-29(42)26(20(3)38)35-28(41)24-17-43-30(34-24)23(33-27(22)40)16-21-9-5-4-6-10-21/h4-6,9-10,15,17,20,22-23,26,38H,7-8,11-14,16H2,1-3H3,(H,31,42)(H,32,39)(H,33,40)(H,35,41)/t20-,22+,23+,26+/m1/s1. The normalized spacial score (nSPS) is 20.9. The summed E-state index contributed by atoms with van der Waals surface area (Å²) in [6, 6.07) is 8.52. The molecule has 3 heterocycles. The Kier molecular flexibility index (Phi) is 10.7. The average molecular weight is 594 g/mol. The van der Waals surface area contributed by atoms with Gasteiger partial charge in [0.1, 0.15) is 24.4 Å². The highest BCUT2D eigenvalue weighted by Crippen LogP contribution is 2.20. The topological polar surface area (TPSA) is 180 Å². The number of fused-ring (bicyclic) bond motifs is 2. The Hall–Kier alpha value is -4.52. The number of amides is 4. The van der Waals surface area contributed by atoms with Gasteiger partial charge in [-0.1, -0.05) is 30.3 Å². The third kappa shape index (κ3) is 8.74. The van der Waals surface area contributed by atoms with Crippen molar-refractivity contribution in [1.29, 1.82) is 0 Å². The minimum Gasteiger partial charge on any atom is -0.446 e. The maximum absolute atomic E-state index is 13.6. The van der Waals surface area contributed by atoms with Gasteiger partial charge in [-0.2, -0.15) is 5.10 Å². The number of nitrogens with zero attached hydrogens (tertiary/aromatic N) is 3. The summed E-state index contributed by atoms with van der Waals surface area (Å²) in [4.78, 5) is 56.6. The molecule has 0 saturated heterocycles. The third-order valence-electron chi connectivity index (χ3n) is 7.23. The molecule has 2 bridgehead atoms. The molecule has 0 saturated carbocycles. The summed E-state index contributed by atoms with van der Waals surface area (Å²) in [6.07, 6.45) is 1.76. The monoisotopic (exact) mass is 593 g/mol. The summed E-state index contributed by atoms with van der Waals surface area (Å²) in [5, 5.41) is 25.6. The lowest BCUT2D eigenvalue weighted by atomic mass is 10.0. The van der Waals surface area contributed by atoms with Gasteiger partial charge in [0.05, 0.1) is 11.8 Å². The van der Waals surface area contributed by atoms with Crippen LogP contribution in [0.2, 0.25) is 0 Å². The van der Waals surface area contributed by atoms with Crippen LogP contribution >= 0.6 is 0 Å². The van der Waals surface area contributed by atoms with E-state index in [1.54, 1.807) is 4.68 Å². The number of benzene rings is 1. The van der Waals surface area contributed by atoms with Crippen LogP contribution in [0, 0.1) is 13.8 Å². The lowest BCUT2D eigenvalue weighted by Gasteiger charge is -2.23. The fourth-order valence-electron chi connectivity index (χ4n) is 4.93. The summed E-state index contributed by atoms with van der Waals surface area (Å²) in [5.41, 5.74) is 2.58. The molecule has 1 aromatic carbocycles. The van der Waals surface area contributed by atoms with Gasteiger partial charge in [-0.05, 0) is 51.7 Å². The van der Waals surface area contributed by atoms with Crippen molar-refractivity contribution in [1.82, 2.24) is 36.0 Å². The van der Waals surface area contributed by atoms with Gasteiger partial charge in [0.25, 0.3) is 5.91 Å². The van der Waals surface area contributed by atoms with Gasteiger partial charge in [-0.25, -0.2) is 4.98 Å². The first-order valence-corrected chi connectivity index (χ1v) is 14.5. The Morgan fingerprint density at radius 1 is 1.14 bits per heavy atom. The van der Waals surface area contributed by atoms with Crippen molar-refractivity contribution < 1.29 is 28.7 Å². The van der Waals surface area contributed by atoms with Crippen LogP contribution in [-0.4, -0.2) is 68.2 Å². The number of aromatic nitrogens is 3. The average Bonchev–Trinajstić information content (AvgIpc) is 3.59. The van der Waals surface area contributed by atoms with E-state index in [0.717, 1.165) is 23.2 Å². The molecule has 3 aromatic rings. The van der Waals surface area contributed by atoms with Gasteiger partial charge in [-0.3, -0.25) is 23.9 Å². The Morgan fingerprint density at radius 3 is 2.60 bits per heavy atom. The first-order valence-electron chi connectivity index (χ1n) is 14.5. The van der Waals surface area contributed by atoms with Crippen molar-refractivity contribution in [3.8, 4) is 0 Å². The minimum atomic E-state index is -1.20. The molecule has 0 unspecified atom stereocenters. The summed E-state index contributed by atoms with van der Waals surface area (Å²) < 4.78 is 7.39. The highest BCUT2D eigenvalue weighted by atomic mass is 16.3. The highest BCUT2D eigenvalue weighted by Gasteiger charge is 2.30. The number of oxazole rings is 1. The number of carbonyl (C=O) groups excluding carboxylic acids is 4. The summed E-state index contributed by atoms with van der Waals surface area (Å²) in [6.45, 7) is 5.83. The predicted octanol–water partition coefficient (Wildman–Crippen LogP) is 1.24. The third-order valence-corrected chi connectivity index (χ3v) is 7.23. The maximum Gasteiger partial charge on any atom is 0.273 e. The number of nitrogens with one attached hydrogen (secondary N) is 4. The summed E-state index contributed by atoms with van der Waals surface area (Å²) in [7, 11) is 0. The largest absolute Gasteiger partial charge is 0.446 e. The van der Waals surface area contributed by atoms with Crippen molar-refractivity contribution in [2.45, 2.75) is 83.6 Å². The molecule has 1 aliphatic rings. The van der Waals surface area contributed by atoms with Gasteiger partial charge in [0, 0.05) is 31.6 Å². The predicted molar refractivity (Wildman–Crippen MR) is 156 cm³/mol. The SMILES string of the molecule is Cc1cc(C)n(CCC(=O)N[C@H]2CCCCNC(=O)[C@H]([C@@H](C)O)NC(=O)c3coc(n3)[C@H](Cc3ccccc3)NC2=O)n1. The first kappa shape index (κ1) is 31.4. The zero-order chi connectivity index (χ0) is 30.9. The summed E-state index contributed by atoms with van der Waals surface area (Å²) in [5.74, 6) is -1.89. The van der Waals surface area contributed by atoms with Crippen LogP contribution in [-0.2, 0) is 27.3 Å². The number of hydrogen-bond donors (Lipinski definition) is 5. The van der Waals surface area contributed by atoms with Crippen LogP contribution in [0.4, 0.5) is 0 Å². The Balaban J connectivity index is 1.57. The van der Waals surface area contributed by atoms with Crippen LogP contribution in [0.3, 0.4) is 0 Å². The molecule has 2 aromatic heterocycles. The molecule has 13 nitrogen and oxygen atoms in total. The van der Waals surface area contributed by atoms with E-state index in [0.29, 0.717) is 32.2 Å². The molecule has 13 heteroatoms. The van der Waals surface area contributed by atoms with Crippen LogP contribution in [0.1, 0.15) is 72.0 Å². The Bertz CT molecular complexity index is 1420. The Labute approximate surface area is 249 Å². The van der Waals surface area contributed by atoms with Gasteiger partial charge in [-0.15, -0.1) is 0 Å². The van der Waals surface area contributed by atoms with Gasteiger partial charge in [0.15, 0.2) is 5.69 Å². The van der Waals surface area contributed by atoms with Crippen LogP contribution < -0.4 is 21.3 Å². The number of carbonyl (C=O) groups is 4. The van der Waals surface area contributed by atoms with Crippen molar-refractivity contribution in [3.63, 3.8) is 0 Å². The fourth-order valence-corrected chi connectivity index (χ4v) is 4.93. The molecule has 0 radical (unpaired) electrons. The van der Waals surface area contributed by atoms with E-state index in [2.05, 4.69) is 31.3 Å². The second-order valence-electron chi connectivity index (χ2n) is 10.8. The minimum absolute atomic E-state index is 0.0853. The quantitative estimate of drug-likeness (QED) is 0.271. The van der Waals surface area contributed by atoms with Gasteiger partial charge < -0.3 is 30.8 Å². The van der Waals surface area contributed by atoms with E-state index in [-0.39, 0.29) is 30.5 Å². The van der Waals surface area contributed by atoms with Crippen molar-refractivity contribution in [3.05, 3.63) is 71.2 Å². The highest BCUT2D eigenvalue weighted by molar-refractivity contribution is 5.96. The van der Waals surface area contributed by atoms with E-state index in [1.807, 2.05) is 50.2 Å². The number of rotatable bonds is 7. The fraction of sp³-hybridized carbons (Fsp3) is 0.467. The van der Waals surface area contributed by atoms with Crippen LogP contribution in [0.15, 0.2) is 47.1 Å². The number of aryl methyl sites for hydroxylation is 3. The zero-order valence-corrected chi connectivity index (χ0v) is 24.6. The maximum atomic E-state index is 13.6. The van der Waals surface area contributed by atoms with E-state index in [9.17, 15) is 24.3 Å².